The second-order valence-electron chi connectivity index (χ2n) is 6.60. The summed E-state index contributed by atoms with van der Waals surface area (Å²) < 4.78 is 11.0. The molecule has 0 unspecified atom stereocenters. The highest BCUT2D eigenvalue weighted by Crippen LogP contribution is 2.38. The first-order chi connectivity index (χ1) is 12.9. The van der Waals surface area contributed by atoms with Gasteiger partial charge in [-0.3, -0.25) is 9.59 Å². The summed E-state index contributed by atoms with van der Waals surface area (Å²) in [4.78, 5) is 24.4. The zero-order valence-electron chi connectivity index (χ0n) is 15.4. The van der Waals surface area contributed by atoms with Crippen molar-refractivity contribution in [1.29, 1.82) is 0 Å². The van der Waals surface area contributed by atoms with Crippen LogP contribution in [0.2, 0.25) is 5.02 Å². The Bertz CT molecular complexity index is 879. The number of hydrogen-bond acceptors (Lipinski definition) is 4. The molecule has 0 fully saturated rings. The van der Waals surface area contributed by atoms with Gasteiger partial charge >= 0.3 is 0 Å². The maximum absolute atomic E-state index is 12.3. The van der Waals surface area contributed by atoms with Crippen LogP contribution >= 0.6 is 11.6 Å². The molecule has 5 nitrogen and oxygen atoms in total. The van der Waals surface area contributed by atoms with E-state index in [1.807, 2.05) is 26.0 Å². The molecule has 0 bridgehead atoms. The fraction of sp³-hybridized carbons (Fsp3) is 0.333. The number of amides is 1. The molecule has 2 aromatic rings. The Labute approximate surface area is 163 Å². The van der Waals surface area contributed by atoms with Gasteiger partial charge in [-0.15, -0.1) is 0 Å². The molecule has 6 heteroatoms. The van der Waals surface area contributed by atoms with Gasteiger partial charge < -0.3 is 14.8 Å². The van der Waals surface area contributed by atoms with Crippen LogP contribution in [0.25, 0.3) is 0 Å². The number of fused-ring (bicyclic) bond motifs is 1. The lowest BCUT2D eigenvalue weighted by Crippen LogP contribution is -2.23. The molecule has 1 aliphatic heterocycles. The maximum Gasteiger partial charge on any atom is 0.220 e. The van der Waals surface area contributed by atoms with Gasteiger partial charge in [-0.1, -0.05) is 23.7 Å². The van der Waals surface area contributed by atoms with E-state index in [1.165, 1.54) is 0 Å². The van der Waals surface area contributed by atoms with E-state index in [4.69, 9.17) is 21.1 Å². The van der Waals surface area contributed by atoms with Crippen LogP contribution in [-0.4, -0.2) is 24.9 Å². The minimum absolute atomic E-state index is 0.0318. The Kier molecular flexibility index (Phi) is 6.01. The number of nitrogens with one attached hydrogen (secondary N) is 1. The largest absolute Gasteiger partial charge is 0.486 e. The number of halogens is 1. The Morgan fingerprint density at radius 1 is 1.04 bits per heavy atom. The van der Waals surface area contributed by atoms with Gasteiger partial charge in [-0.2, -0.15) is 0 Å². The molecule has 0 spiro atoms. The highest BCUT2D eigenvalue weighted by atomic mass is 35.5. The summed E-state index contributed by atoms with van der Waals surface area (Å²) in [6.07, 6.45) is 0.320. The zero-order valence-corrected chi connectivity index (χ0v) is 16.2. The van der Waals surface area contributed by atoms with E-state index in [1.54, 1.807) is 18.2 Å². The molecule has 0 atom stereocenters. The average molecular weight is 388 g/mol. The molecule has 1 aliphatic rings. The molecule has 0 radical (unpaired) electrons. The Balaban J connectivity index is 1.52. The number of benzene rings is 2. The van der Waals surface area contributed by atoms with E-state index in [-0.39, 0.29) is 24.5 Å². The van der Waals surface area contributed by atoms with Crippen LogP contribution in [0.5, 0.6) is 11.5 Å². The second-order valence-corrected chi connectivity index (χ2v) is 7.01. The van der Waals surface area contributed by atoms with Crippen LogP contribution in [0.15, 0.2) is 30.3 Å². The highest BCUT2D eigenvalue weighted by molar-refractivity contribution is 6.32. The number of aryl methyl sites for hydroxylation is 2. The molecule has 142 valence electrons. The van der Waals surface area contributed by atoms with E-state index in [0.29, 0.717) is 41.8 Å². The first-order valence-electron chi connectivity index (χ1n) is 8.89. The van der Waals surface area contributed by atoms with Crippen LogP contribution in [0.3, 0.4) is 0 Å². The van der Waals surface area contributed by atoms with Gasteiger partial charge in [0.15, 0.2) is 17.3 Å². The van der Waals surface area contributed by atoms with Gasteiger partial charge in [-0.25, -0.2) is 0 Å². The van der Waals surface area contributed by atoms with Crippen molar-refractivity contribution >= 4 is 23.3 Å². The molecule has 0 saturated carbocycles. The Morgan fingerprint density at radius 2 is 1.81 bits per heavy atom. The predicted molar refractivity (Wildman–Crippen MR) is 104 cm³/mol. The second kappa shape index (κ2) is 8.44. The van der Waals surface area contributed by atoms with E-state index in [2.05, 4.69) is 5.32 Å². The summed E-state index contributed by atoms with van der Waals surface area (Å²) in [6.45, 7) is 5.22. The number of carbonyl (C=O) groups excluding carboxylic acids is 2. The number of hydrogen-bond donors (Lipinski definition) is 1. The van der Waals surface area contributed by atoms with Crippen LogP contribution in [0.4, 0.5) is 0 Å². The SMILES string of the molecule is Cc1ccc(C(=O)CCC(=O)NCc2cc(Cl)c3c(c2)OCCO3)cc1C. The van der Waals surface area contributed by atoms with Crippen molar-refractivity contribution in [1.82, 2.24) is 5.32 Å². The van der Waals surface area contributed by atoms with Crippen molar-refractivity contribution < 1.29 is 19.1 Å². The normalized spacial score (nSPS) is 12.6. The monoisotopic (exact) mass is 387 g/mol. The van der Waals surface area contributed by atoms with Crippen LogP contribution < -0.4 is 14.8 Å². The number of rotatable bonds is 6. The molecule has 0 aromatic heterocycles. The smallest absolute Gasteiger partial charge is 0.220 e. The molecule has 1 amide bonds. The molecule has 0 aliphatic carbocycles. The van der Waals surface area contributed by atoms with Gasteiger partial charge in [0.1, 0.15) is 13.2 Å². The molecule has 3 rings (SSSR count). The van der Waals surface area contributed by atoms with Crippen molar-refractivity contribution in [2.75, 3.05) is 13.2 Å². The molecule has 27 heavy (non-hydrogen) atoms. The van der Waals surface area contributed by atoms with Crippen molar-refractivity contribution in [3.05, 3.63) is 57.6 Å². The molecular weight excluding hydrogens is 366 g/mol. The fourth-order valence-corrected chi connectivity index (χ4v) is 3.13. The lowest BCUT2D eigenvalue weighted by atomic mass is 10.0. The van der Waals surface area contributed by atoms with Crippen LogP contribution in [0, 0.1) is 13.8 Å². The quantitative estimate of drug-likeness (QED) is 0.760. The summed E-state index contributed by atoms with van der Waals surface area (Å²) in [5.41, 5.74) is 3.67. The van der Waals surface area contributed by atoms with Crippen molar-refractivity contribution in [2.24, 2.45) is 0 Å². The molecular formula is C21H22ClNO4. The van der Waals surface area contributed by atoms with Crippen molar-refractivity contribution in [3.63, 3.8) is 0 Å². The van der Waals surface area contributed by atoms with E-state index >= 15 is 0 Å². The first-order valence-corrected chi connectivity index (χ1v) is 9.27. The molecule has 1 N–H and O–H groups in total. The number of Topliss-reactive ketones (excluding diaryl/α,β-unsaturated/α-hetero) is 1. The fourth-order valence-electron chi connectivity index (χ4n) is 2.84. The topological polar surface area (TPSA) is 64.6 Å². The lowest BCUT2D eigenvalue weighted by molar-refractivity contribution is -0.121. The highest BCUT2D eigenvalue weighted by Gasteiger charge is 2.17. The Hall–Kier alpha value is -2.53. The number of carbonyl (C=O) groups is 2. The van der Waals surface area contributed by atoms with E-state index in [0.717, 1.165) is 16.7 Å². The molecule has 2 aromatic carbocycles. The predicted octanol–water partition coefficient (Wildman–Crippen LogP) is 4.01. The minimum atomic E-state index is -0.182. The third-order valence-corrected chi connectivity index (χ3v) is 4.84. The summed E-state index contributed by atoms with van der Waals surface area (Å²) in [5, 5.41) is 3.27. The third kappa shape index (κ3) is 4.80. The third-order valence-electron chi connectivity index (χ3n) is 4.55. The van der Waals surface area contributed by atoms with Gasteiger partial charge in [0.25, 0.3) is 0 Å². The zero-order chi connectivity index (χ0) is 19.4. The van der Waals surface area contributed by atoms with Crippen LogP contribution in [-0.2, 0) is 11.3 Å². The molecule has 0 saturated heterocycles. The van der Waals surface area contributed by atoms with E-state index in [9.17, 15) is 9.59 Å². The van der Waals surface area contributed by atoms with Gasteiger partial charge in [0.2, 0.25) is 5.91 Å². The summed E-state index contributed by atoms with van der Waals surface area (Å²) in [5.74, 6) is 0.911. The van der Waals surface area contributed by atoms with E-state index < -0.39 is 0 Å². The van der Waals surface area contributed by atoms with Gasteiger partial charge in [0.05, 0.1) is 5.02 Å². The first kappa shape index (κ1) is 19.2. The molecule has 1 heterocycles. The minimum Gasteiger partial charge on any atom is -0.486 e. The lowest BCUT2D eigenvalue weighted by Gasteiger charge is -2.20. The standard InChI is InChI=1S/C21H22ClNO4/c1-13-3-4-16(9-14(13)2)18(24)5-6-20(25)23-12-15-10-17(22)21-19(11-15)26-7-8-27-21/h3-4,9-11H,5-8,12H2,1-2H3,(H,23,25). The Morgan fingerprint density at radius 3 is 2.59 bits per heavy atom. The number of ether oxygens (including phenoxy) is 2. The van der Waals surface area contributed by atoms with Crippen molar-refractivity contribution in [3.8, 4) is 11.5 Å². The average Bonchev–Trinajstić information content (AvgIpc) is 2.66. The maximum atomic E-state index is 12.3. The summed E-state index contributed by atoms with van der Waals surface area (Å²) >= 11 is 6.19. The number of ketones is 1. The van der Waals surface area contributed by atoms with Gasteiger partial charge in [0, 0.05) is 24.9 Å². The van der Waals surface area contributed by atoms with Crippen molar-refractivity contribution in [2.45, 2.75) is 33.2 Å². The summed E-state index contributed by atoms with van der Waals surface area (Å²) in [7, 11) is 0. The van der Waals surface area contributed by atoms with Gasteiger partial charge in [-0.05, 0) is 48.7 Å². The van der Waals surface area contributed by atoms with Crippen LogP contribution in [0.1, 0.15) is 39.9 Å². The summed E-state index contributed by atoms with van der Waals surface area (Å²) in [6, 6.07) is 9.15.